The molecule has 0 spiro atoms. The molecule has 6 rings (SSSR count). The maximum Gasteiger partial charge on any atom is 0.164 e. The smallest absolute Gasteiger partial charge is 0.164 e. The predicted molar refractivity (Wildman–Crippen MR) is 159 cm³/mol. The van der Waals surface area contributed by atoms with Crippen molar-refractivity contribution in [2.24, 2.45) is 62.6 Å². The summed E-state index contributed by atoms with van der Waals surface area (Å²) in [4.78, 5) is 14.0. The second-order valence-electron chi connectivity index (χ2n) is 16.6. The Labute approximate surface area is 233 Å². The summed E-state index contributed by atoms with van der Waals surface area (Å²) in [5, 5.41) is 0. The summed E-state index contributed by atoms with van der Waals surface area (Å²) >= 11 is 0. The summed E-state index contributed by atoms with van der Waals surface area (Å²) in [5.74, 6) is 5.08. The molecular formula is C37H54O. The van der Waals surface area contributed by atoms with E-state index in [1.807, 2.05) is 0 Å². The summed E-state index contributed by atoms with van der Waals surface area (Å²) in [7, 11) is 0. The summed E-state index contributed by atoms with van der Waals surface area (Å²) in [6.45, 7) is 20.3. The number of carbonyl (C=O) groups excluding carboxylic acids is 1. The second-order valence-corrected chi connectivity index (χ2v) is 16.6. The van der Waals surface area contributed by atoms with E-state index in [4.69, 9.17) is 0 Å². The summed E-state index contributed by atoms with van der Waals surface area (Å²) < 4.78 is 0. The third kappa shape index (κ3) is 3.44. The maximum atomic E-state index is 14.0. The van der Waals surface area contributed by atoms with Crippen LogP contribution in [0.2, 0.25) is 0 Å². The van der Waals surface area contributed by atoms with Crippen molar-refractivity contribution in [1.29, 1.82) is 0 Å². The number of rotatable bonds is 2. The zero-order valence-electron chi connectivity index (χ0n) is 25.7. The second kappa shape index (κ2) is 8.57. The molecule has 0 bridgehead atoms. The first-order chi connectivity index (χ1) is 17.8. The maximum absolute atomic E-state index is 14.0. The van der Waals surface area contributed by atoms with E-state index >= 15 is 0 Å². The van der Waals surface area contributed by atoms with E-state index in [1.54, 1.807) is 0 Å². The lowest BCUT2D eigenvalue weighted by atomic mass is 9.32. The third-order valence-corrected chi connectivity index (χ3v) is 14.5. The Hall–Kier alpha value is -1.37. The van der Waals surface area contributed by atoms with E-state index in [2.05, 4.69) is 91.8 Å². The average Bonchev–Trinajstić information content (AvgIpc) is 3.21. The number of hydrogen-bond acceptors (Lipinski definition) is 1. The van der Waals surface area contributed by atoms with Gasteiger partial charge in [0.15, 0.2) is 5.78 Å². The monoisotopic (exact) mass is 514 g/mol. The van der Waals surface area contributed by atoms with Gasteiger partial charge < -0.3 is 0 Å². The molecule has 1 nitrogen and oxygen atoms in total. The van der Waals surface area contributed by atoms with Crippen LogP contribution in [0.5, 0.6) is 0 Å². The van der Waals surface area contributed by atoms with Gasteiger partial charge >= 0.3 is 0 Å². The molecule has 5 aliphatic carbocycles. The highest BCUT2D eigenvalue weighted by atomic mass is 16.1. The lowest BCUT2D eigenvalue weighted by Crippen LogP contribution is -2.66. The standard InChI is InChI=1S/C37H54O/c1-24(2)27-16-18-34(5)20-21-36(7)28(31(27)34)14-15-30-35(6)23-26(22-25-12-10-9-11-13-25)32(38)33(3,4)29(35)17-19-37(30,36)8/h9-13,22,24,27-31H,14-21,23H2,1-8H3/b26-22-/t27-,28+,29-,30+,31+,34+,35+,36+,37-/m0/s1. The molecular weight excluding hydrogens is 460 g/mol. The molecule has 0 radical (unpaired) electrons. The zero-order chi connectivity index (χ0) is 27.3. The molecule has 5 fully saturated rings. The minimum Gasteiger partial charge on any atom is -0.294 e. The quantitative estimate of drug-likeness (QED) is 0.359. The first-order valence-corrected chi connectivity index (χ1v) is 16.1. The lowest BCUT2D eigenvalue weighted by Gasteiger charge is -2.72. The van der Waals surface area contributed by atoms with Crippen molar-refractivity contribution >= 4 is 11.9 Å². The molecule has 1 aromatic carbocycles. The molecule has 1 aromatic rings. The van der Waals surface area contributed by atoms with Crippen LogP contribution in [-0.2, 0) is 4.79 Å². The van der Waals surface area contributed by atoms with Crippen LogP contribution in [0.25, 0.3) is 6.08 Å². The van der Waals surface area contributed by atoms with Crippen molar-refractivity contribution in [3.8, 4) is 0 Å². The summed E-state index contributed by atoms with van der Waals surface area (Å²) in [5.41, 5.74) is 3.51. The Bertz CT molecular complexity index is 1130. The van der Waals surface area contributed by atoms with Gasteiger partial charge in [0.25, 0.3) is 0 Å². The fourth-order valence-electron chi connectivity index (χ4n) is 12.5. The molecule has 0 aromatic heterocycles. The van der Waals surface area contributed by atoms with Gasteiger partial charge in [0.05, 0.1) is 0 Å². The van der Waals surface area contributed by atoms with Crippen LogP contribution in [-0.4, -0.2) is 5.78 Å². The minimum atomic E-state index is -0.286. The van der Waals surface area contributed by atoms with E-state index in [0.29, 0.717) is 33.9 Å². The molecule has 0 aliphatic heterocycles. The molecule has 38 heavy (non-hydrogen) atoms. The van der Waals surface area contributed by atoms with Gasteiger partial charge in [-0.25, -0.2) is 0 Å². The van der Waals surface area contributed by atoms with Gasteiger partial charge in [-0.15, -0.1) is 0 Å². The summed E-state index contributed by atoms with van der Waals surface area (Å²) in [6.07, 6.45) is 14.3. The van der Waals surface area contributed by atoms with Gasteiger partial charge in [-0.2, -0.15) is 0 Å². The molecule has 208 valence electrons. The van der Waals surface area contributed by atoms with Crippen LogP contribution in [0.4, 0.5) is 0 Å². The van der Waals surface area contributed by atoms with Crippen LogP contribution >= 0.6 is 0 Å². The molecule has 5 saturated carbocycles. The van der Waals surface area contributed by atoms with Gasteiger partial charge in [0.2, 0.25) is 0 Å². The number of ketones is 1. The molecule has 0 amide bonds. The van der Waals surface area contributed by atoms with Gasteiger partial charge in [-0.3, -0.25) is 4.79 Å². The number of benzene rings is 1. The number of carbonyl (C=O) groups is 1. The van der Waals surface area contributed by atoms with E-state index in [-0.39, 0.29) is 10.8 Å². The van der Waals surface area contributed by atoms with Crippen LogP contribution in [0, 0.1) is 62.6 Å². The molecule has 9 atom stereocenters. The summed E-state index contributed by atoms with van der Waals surface area (Å²) in [6, 6.07) is 10.6. The first kappa shape index (κ1) is 26.8. The van der Waals surface area contributed by atoms with Crippen molar-refractivity contribution in [2.45, 2.75) is 113 Å². The van der Waals surface area contributed by atoms with E-state index in [1.165, 1.54) is 56.9 Å². The average molecular weight is 515 g/mol. The fourth-order valence-corrected chi connectivity index (χ4v) is 12.5. The van der Waals surface area contributed by atoms with Crippen molar-refractivity contribution in [1.82, 2.24) is 0 Å². The van der Waals surface area contributed by atoms with Gasteiger partial charge in [-0.05, 0) is 132 Å². The van der Waals surface area contributed by atoms with Crippen molar-refractivity contribution in [3.63, 3.8) is 0 Å². The van der Waals surface area contributed by atoms with Crippen molar-refractivity contribution in [3.05, 3.63) is 41.5 Å². The van der Waals surface area contributed by atoms with Gasteiger partial charge in [0, 0.05) is 5.41 Å². The molecule has 0 unspecified atom stereocenters. The molecule has 5 aliphatic rings. The van der Waals surface area contributed by atoms with Crippen molar-refractivity contribution < 1.29 is 4.79 Å². The third-order valence-electron chi connectivity index (χ3n) is 14.5. The lowest BCUT2D eigenvalue weighted by molar-refractivity contribution is -0.230. The number of allylic oxidation sites excluding steroid dienone is 1. The van der Waals surface area contributed by atoms with Crippen LogP contribution in [0.15, 0.2) is 35.9 Å². The highest BCUT2D eigenvalue weighted by Gasteiger charge is 2.70. The van der Waals surface area contributed by atoms with Crippen LogP contribution < -0.4 is 0 Å². The van der Waals surface area contributed by atoms with Crippen LogP contribution in [0.3, 0.4) is 0 Å². The molecule has 0 saturated heterocycles. The van der Waals surface area contributed by atoms with E-state index in [0.717, 1.165) is 35.7 Å². The number of hydrogen-bond donors (Lipinski definition) is 0. The highest BCUT2D eigenvalue weighted by molar-refractivity contribution is 6.04. The Balaban J connectivity index is 1.40. The normalized spacial score (nSPS) is 48.8. The topological polar surface area (TPSA) is 17.1 Å². The predicted octanol–water partition coefficient (Wildman–Crippen LogP) is 10.0. The highest BCUT2D eigenvalue weighted by Crippen LogP contribution is 2.77. The van der Waals surface area contributed by atoms with Crippen molar-refractivity contribution in [2.75, 3.05) is 0 Å². The number of Topliss-reactive ketones (excluding diaryl/α,β-unsaturated/α-hetero) is 1. The molecule has 0 heterocycles. The Morgan fingerprint density at radius 3 is 2.18 bits per heavy atom. The van der Waals surface area contributed by atoms with Gasteiger partial charge in [-0.1, -0.05) is 85.7 Å². The fraction of sp³-hybridized carbons (Fsp3) is 0.757. The van der Waals surface area contributed by atoms with Gasteiger partial charge in [0.1, 0.15) is 0 Å². The van der Waals surface area contributed by atoms with E-state index < -0.39 is 0 Å². The molecule has 0 N–H and O–H groups in total. The SMILES string of the molecule is CC(C)[C@@H]1CC[C@]2(C)CC[C@]3(C)[C@H](CC[C@@H]4[C@]5(C)C/C(=C/c6ccccc6)C(=O)C(C)(C)[C@@H]5CC[C@@]43C)[C@@H]12. The Morgan fingerprint density at radius 2 is 1.50 bits per heavy atom. The zero-order valence-corrected chi connectivity index (χ0v) is 25.7. The van der Waals surface area contributed by atoms with E-state index in [9.17, 15) is 4.79 Å². The van der Waals surface area contributed by atoms with Crippen LogP contribution in [0.1, 0.15) is 119 Å². The number of fused-ring (bicyclic) bond motifs is 7. The minimum absolute atomic E-state index is 0.187. The molecule has 1 heteroatoms. The largest absolute Gasteiger partial charge is 0.294 e. The Morgan fingerprint density at radius 1 is 0.789 bits per heavy atom. The Kier molecular flexibility index (Phi) is 6.05. The first-order valence-electron chi connectivity index (χ1n) is 16.1.